The van der Waals surface area contributed by atoms with E-state index < -0.39 is 0 Å². The molecule has 12 heteroatoms. The van der Waals surface area contributed by atoms with E-state index in [1.807, 2.05) is 0 Å². The van der Waals surface area contributed by atoms with Crippen LogP contribution in [0.2, 0.25) is 5.02 Å². The summed E-state index contributed by atoms with van der Waals surface area (Å²) >= 11 is 6.36. The number of rotatable bonds is 6. The molecule has 2 saturated carbocycles. The van der Waals surface area contributed by atoms with Crippen LogP contribution < -0.4 is 21.5 Å². The van der Waals surface area contributed by atoms with Crippen LogP contribution in [0.25, 0.3) is 5.65 Å². The number of halogens is 1. The highest BCUT2D eigenvalue weighted by atomic mass is 35.5. The summed E-state index contributed by atoms with van der Waals surface area (Å²) in [6.45, 7) is 1.88. The average Bonchev–Trinajstić information content (AvgIpc) is 3.35. The molecule has 11 nitrogen and oxygen atoms in total. The lowest BCUT2D eigenvalue weighted by atomic mass is 10.1. The van der Waals surface area contributed by atoms with Crippen LogP contribution in [-0.4, -0.2) is 63.6 Å². The highest BCUT2D eigenvalue weighted by Crippen LogP contribution is 2.77. The molecule has 2 aliphatic carbocycles. The number of carbonyl (C=O) groups excluding carboxylic acids is 1. The zero-order valence-electron chi connectivity index (χ0n) is 19.0. The van der Waals surface area contributed by atoms with E-state index in [1.54, 1.807) is 34.5 Å². The topological polar surface area (TPSA) is 124 Å². The van der Waals surface area contributed by atoms with E-state index in [9.17, 15) is 9.59 Å². The van der Waals surface area contributed by atoms with E-state index in [2.05, 4.69) is 26.0 Å². The second kappa shape index (κ2) is 7.42. The summed E-state index contributed by atoms with van der Waals surface area (Å²) in [5, 5.41) is 14.1. The molecule has 3 aromatic heterocycles. The molecule has 5 aliphatic rings. The highest BCUT2D eigenvalue weighted by molar-refractivity contribution is 6.30. The summed E-state index contributed by atoms with van der Waals surface area (Å²) in [5.41, 5.74) is 0.620. The van der Waals surface area contributed by atoms with Gasteiger partial charge < -0.3 is 30.0 Å². The third kappa shape index (κ3) is 3.04. The number of anilines is 3. The molecule has 35 heavy (non-hydrogen) atoms. The molecular formula is C23H24ClN7O4. The molecule has 182 valence electrons. The van der Waals surface area contributed by atoms with E-state index in [0.29, 0.717) is 65.2 Å². The van der Waals surface area contributed by atoms with Gasteiger partial charge in [0.05, 0.1) is 42.1 Å². The van der Waals surface area contributed by atoms with E-state index in [1.165, 1.54) is 6.20 Å². The molecule has 0 aromatic carbocycles. The molecule has 3 saturated heterocycles. The van der Waals surface area contributed by atoms with Crippen molar-refractivity contribution in [2.45, 2.75) is 30.5 Å². The van der Waals surface area contributed by atoms with Crippen LogP contribution in [0.1, 0.15) is 29.2 Å². The summed E-state index contributed by atoms with van der Waals surface area (Å²) in [5.74, 6) is 1.65. The zero-order valence-corrected chi connectivity index (χ0v) is 19.7. The molecule has 6 heterocycles. The summed E-state index contributed by atoms with van der Waals surface area (Å²) in [4.78, 5) is 31.0. The first-order valence-corrected chi connectivity index (χ1v) is 12.2. The van der Waals surface area contributed by atoms with Crippen LogP contribution in [0.5, 0.6) is 0 Å². The van der Waals surface area contributed by atoms with Gasteiger partial charge in [-0.25, -0.2) is 4.98 Å². The summed E-state index contributed by atoms with van der Waals surface area (Å²) in [7, 11) is 1.75. The van der Waals surface area contributed by atoms with Crippen molar-refractivity contribution in [3.8, 4) is 0 Å². The Kier molecular flexibility index (Phi) is 4.49. The van der Waals surface area contributed by atoms with Crippen molar-refractivity contribution in [3.05, 3.63) is 45.5 Å². The van der Waals surface area contributed by atoms with Crippen molar-refractivity contribution in [1.29, 1.82) is 0 Å². The second-order valence-corrected chi connectivity index (χ2v) is 10.1. The van der Waals surface area contributed by atoms with Crippen molar-refractivity contribution in [3.63, 3.8) is 0 Å². The Hall–Kier alpha value is -3.15. The number of hydrogen-bond donors (Lipinski definition) is 3. The van der Waals surface area contributed by atoms with Gasteiger partial charge in [-0.15, -0.1) is 0 Å². The highest BCUT2D eigenvalue weighted by Gasteiger charge is 2.92. The van der Waals surface area contributed by atoms with E-state index in [-0.39, 0.29) is 29.2 Å². The molecule has 0 radical (unpaired) electrons. The van der Waals surface area contributed by atoms with Gasteiger partial charge in [0.1, 0.15) is 22.9 Å². The van der Waals surface area contributed by atoms with Crippen molar-refractivity contribution in [2.24, 2.45) is 11.8 Å². The molecule has 0 spiro atoms. The Morgan fingerprint density at radius 3 is 2.91 bits per heavy atom. The molecule has 2 bridgehead atoms. The first-order valence-electron chi connectivity index (χ1n) is 11.8. The maximum absolute atomic E-state index is 13.3. The predicted molar refractivity (Wildman–Crippen MR) is 128 cm³/mol. The van der Waals surface area contributed by atoms with Crippen molar-refractivity contribution in [2.75, 3.05) is 37.5 Å². The van der Waals surface area contributed by atoms with Gasteiger partial charge in [-0.1, -0.05) is 11.6 Å². The molecular weight excluding hydrogens is 474 g/mol. The predicted octanol–water partition coefficient (Wildman–Crippen LogP) is 1.81. The minimum atomic E-state index is -0.227. The first kappa shape index (κ1) is 21.2. The Morgan fingerprint density at radius 1 is 1.31 bits per heavy atom. The van der Waals surface area contributed by atoms with E-state index in [0.717, 1.165) is 12.8 Å². The van der Waals surface area contributed by atoms with Crippen molar-refractivity contribution >= 4 is 40.5 Å². The van der Waals surface area contributed by atoms with E-state index in [4.69, 9.17) is 21.1 Å². The fourth-order valence-electron chi connectivity index (χ4n) is 5.79. The monoisotopic (exact) mass is 497 g/mol. The standard InChI is InChI=1S/C23H24ClN7O4/c1-25-17-6-16(27-15-5-11(24)8-30(22(15)33)12-3-2-4-34-9-12)28-20-13(7-26-31(17)20)21(32)29-23-14-10-35-19(23)18(14)23/h5-8,12,14,18-19,25H,2-4,9-10H2,1H3,(H,27,28)(H,29,32)/t12-,14-,18-,19?,23-/m1/s1. The Balaban J connectivity index is 1.22. The van der Waals surface area contributed by atoms with Crippen LogP contribution in [-0.2, 0) is 9.47 Å². The summed E-state index contributed by atoms with van der Waals surface area (Å²) < 4.78 is 14.4. The molecule has 3 N–H and O–H groups in total. The number of hydrogen-bond acceptors (Lipinski definition) is 8. The molecule has 3 aliphatic heterocycles. The number of carbonyl (C=O) groups is 1. The van der Waals surface area contributed by atoms with Gasteiger partial charge in [0, 0.05) is 37.8 Å². The Morgan fingerprint density at radius 2 is 2.20 bits per heavy atom. The largest absolute Gasteiger partial charge is 0.379 e. The maximum atomic E-state index is 13.3. The number of pyridine rings is 1. The average molecular weight is 498 g/mol. The Labute approximate surface area is 204 Å². The summed E-state index contributed by atoms with van der Waals surface area (Å²) in [6.07, 6.45) is 5.03. The lowest BCUT2D eigenvalue weighted by molar-refractivity contribution is 0.0581. The number of amides is 1. The molecule has 5 fully saturated rings. The fourth-order valence-corrected chi connectivity index (χ4v) is 6.01. The maximum Gasteiger partial charge on any atom is 0.274 e. The van der Waals surface area contributed by atoms with Gasteiger partial charge in [-0.3, -0.25) is 9.59 Å². The minimum Gasteiger partial charge on any atom is -0.379 e. The van der Waals surface area contributed by atoms with Gasteiger partial charge in [0.2, 0.25) is 0 Å². The normalized spacial score (nSPS) is 30.1. The number of fused-ring (bicyclic) bond motifs is 2. The van der Waals surface area contributed by atoms with Crippen LogP contribution in [0.15, 0.2) is 29.3 Å². The number of aromatic nitrogens is 4. The number of nitrogens with zero attached hydrogens (tertiary/aromatic N) is 4. The van der Waals surface area contributed by atoms with Gasteiger partial charge in [0.25, 0.3) is 11.5 Å². The van der Waals surface area contributed by atoms with Crippen LogP contribution in [0, 0.1) is 11.8 Å². The van der Waals surface area contributed by atoms with Crippen molar-refractivity contribution < 1.29 is 14.3 Å². The van der Waals surface area contributed by atoms with Crippen LogP contribution in [0.4, 0.5) is 17.3 Å². The lowest BCUT2D eigenvalue weighted by Gasteiger charge is -2.25. The number of nitrogens with one attached hydrogen (secondary N) is 3. The van der Waals surface area contributed by atoms with Crippen molar-refractivity contribution in [1.82, 2.24) is 24.5 Å². The molecule has 8 rings (SSSR count). The molecule has 5 atom stereocenters. The molecule has 1 unspecified atom stereocenters. The van der Waals surface area contributed by atoms with Gasteiger partial charge >= 0.3 is 0 Å². The van der Waals surface area contributed by atoms with Gasteiger partial charge in [-0.05, 0) is 18.9 Å². The fraction of sp³-hybridized carbons (Fsp3) is 0.478. The van der Waals surface area contributed by atoms with Gasteiger partial charge in [0.15, 0.2) is 5.65 Å². The lowest BCUT2D eigenvalue weighted by Crippen LogP contribution is -2.35. The second-order valence-electron chi connectivity index (χ2n) is 9.62. The van der Waals surface area contributed by atoms with E-state index >= 15 is 0 Å². The first-order chi connectivity index (χ1) is 17.0. The molecule has 3 aromatic rings. The smallest absolute Gasteiger partial charge is 0.274 e. The zero-order chi connectivity index (χ0) is 23.9. The third-order valence-corrected chi connectivity index (χ3v) is 7.94. The van der Waals surface area contributed by atoms with Crippen LogP contribution >= 0.6 is 11.6 Å². The minimum absolute atomic E-state index is 0.0729. The molecule has 1 amide bonds. The Bertz CT molecular complexity index is 1410. The SMILES string of the molecule is CNc1cc(Nc2cc(Cl)cn([C@@H]3CCCOC3)c2=O)nc2c(C(=O)N[C@]34C5OC[C@@H]3[C@H]54)cnn12. The third-order valence-electron chi connectivity index (χ3n) is 7.74. The van der Waals surface area contributed by atoms with Gasteiger partial charge in [-0.2, -0.15) is 9.61 Å². The van der Waals surface area contributed by atoms with Crippen LogP contribution in [0.3, 0.4) is 0 Å². The number of ether oxygens (including phenoxy) is 2. The summed E-state index contributed by atoms with van der Waals surface area (Å²) in [6, 6.07) is 3.23. The quantitative estimate of drug-likeness (QED) is 0.471.